The van der Waals surface area contributed by atoms with E-state index in [2.05, 4.69) is 15.3 Å². The van der Waals surface area contributed by atoms with Crippen LogP contribution >= 0.6 is 11.6 Å². The Kier molecular flexibility index (Phi) is 4.90. The molecule has 0 saturated heterocycles. The van der Waals surface area contributed by atoms with Crippen LogP contribution in [0.5, 0.6) is 5.75 Å². The molecule has 1 amide bonds. The number of aromatic nitrogens is 2. The second-order valence-electron chi connectivity index (χ2n) is 5.08. The molecule has 7 heteroatoms. The number of carbonyl (C=O) groups is 1. The Hall–Kier alpha value is -2.99. The molecule has 1 aromatic heterocycles. The number of halogens is 2. The first-order chi connectivity index (χ1) is 12.1. The van der Waals surface area contributed by atoms with Crippen molar-refractivity contribution in [1.82, 2.24) is 9.97 Å². The summed E-state index contributed by atoms with van der Waals surface area (Å²) >= 11 is 6.10. The summed E-state index contributed by atoms with van der Waals surface area (Å²) in [6, 6.07) is 11.3. The molecule has 25 heavy (non-hydrogen) atoms. The highest BCUT2D eigenvalue weighted by molar-refractivity contribution is 6.33. The summed E-state index contributed by atoms with van der Waals surface area (Å²) in [5.41, 5.74) is 0.907. The molecule has 3 rings (SSSR count). The minimum absolute atomic E-state index is 0.0426. The maximum Gasteiger partial charge on any atom is 0.258 e. The van der Waals surface area contributed by atoms with Crippen LogP contribution in [0.3, 0.4) is 0 Å². The van der Waals surface area contributed by atoms with Gasteiger partial charge in [0.05, 0.1) is 23.4 Å². The maximum atomic E-state index is 13.9. The molecule has 0 aliphatic heterocycles. The Morgan fingerprint density at radius 2 is 1.88 bits per heavy atom. The molecule has 5 nitrogen and oxygen atoms in total. The number of methoxy groups -OCH3 is 1. The third-order valence-corrected chi connectivity index (χ3v) is 3.78. The smallest absolute Gasteiger partial charge is 0.258 e. The molecular formula is C18H13ClFN3O2. The van der Waals surface area contributed by atoms with Crippen molar-refractivity contribution in [3.63, 3.8) is 0 Å². The first-order valence-electron chi connectivity index (χ1n) is 7.30. The summed E-state index contributed by atoms with van der Waals surface area (Å²) in [5.74, 6) is -0.350. The molecular weight excluding hydrogens is 345 g/mol. The number of amides is 1. The standard InChI is InChI=1S/C18H13ClFN3O2/c1-25-12-6-7-16(15(20)8-12)23-18(24)11-9-21-17(22-10-11)13-4-2-3-5-14(13)19/h2-10H,1H3,(H,23,24). The Bertz CT molecular complexity index is 916. The highest BCUT2D eigenvalue weighted by Gasteiger charge is 2.12. The van der Waals surface area contributed by atoms with E-state index in [1.807, 2.05) is 6.07 Å². The number of anilines is 1. The van der Waals surface area contributed by atoms with Gasteiger partial charge in [-0.2, -0.15) is 0 Å². The van der Waals surface area contributed by atoms with Gasteiger partial charge in [0.15, 0.2) is 5.82 Å². The van der Waals surface area contributed by atoms with Gasteiger partial charge in [0.1, 0.15) is 11.6 Å². The van der Waals surface area contributed by atoms with Gasteiger partial charge in [-0.25, -0.2) is 14.4 Å². The second-order valence-corrected chi connectivity index (χ2v) is 5.48. The van der Waals surface area contributed by atoms with Gasteiger partial charge in [-0.1, -0.05) is 23.7 Å². The van der Waals surface area contributed by atoms with Gasteiger partial charge in [0.2, 0.25) is 0 Å². The fraction of sp³-hybridized carbons (Fsp3) is 0.0556. The lowest BCUT2D eigenvalue weighted by molar-refractivity contribution is 0.102. The van der Waals surface area contributed by atoms with E-state index in [-0.39, 0.29) is 11.3 Å². The number of carbonyl (C=O) groups excluding carboxylic acids is 1. The molecule has 0 unspecified atom stereocenters. The zero-order valence-corrected chi connectivity index (χ0v) is 13.9. The average Bonchev–Trinajstić information content (AvgIpc) is 2.64. The van der Waals surface area contributed by atoms with E-state index in [4.69, 9.17) is 16.3 Å². The number of benzene rings is 2. The molecule has 0 bridgehead atoms. The van der Waals surface area contributed by atoms with Crippen LogP contribution in [0.25, 0.3) is 11.4 Å². The predicted octanol–water partition coefficient (Wildman–Crippen LogP) is 4.20. The largest absolute Gasteiger partial charge is 0.497 e. The average molecular weight is 358 g/mol. The lowest BCUT2D eigenvalue weighted by Gasteiger charge is -2.08. The van der Waals surface area contributed by atoms with Crippen molar-refractivity contribution >= 4 is 23.2 Å². The van der Waals surface area contributed by atoms with Crippen LogP contribution in [0.4, 0.5) is 10.1 Å². The lowest BCUT2D eigenvalue weighted by atomic mass is 10.2. The highest BCUT2D eigenvalue weighted by Crippen LogP contribution is 2.24. The van der Waals surface area contributed by atoms with E-state index in [9.17, 15) is 9.18 Å². The van der Waals surface area contributed by atoms with Crippen LogP contribution in [-0.4, -0.2) is 23.0 Å². The summed E-state index contributed by atoms with van der Waals surface area (Å²) in [6.45, 7) is 0. The van der Waals surface area contributed by atoms with Crippen LogP contribution in [0.1, 0.15) is 10.4 Å². The van der Waals surface area contributed by atoms with Gasteiger partial charge in [-0.3, -0.25) is 4.79 Å². The van der Waals surface area contributed by atoms with Crippen LogP contribution in [0, 0.1) is 5.82 Å². The predicted molar refractivity (Wildman–Crippen MR) is 93.4 cm³/mol. The van der Waals surface area contributed by atoms with Gasteiger partial charge in [0.25, 0.3) is 5.91 Å². The number of nitrogens with one attached hydrogen (secondary N) is 1. The van der Waals surface area contributed by atoms with E-state index in [1.165, 1.54) is 31.6 Å². The molecule has 0 atom stereocenters. The zero-order chi connectivity index (χ0) is 17.8. The van der Waals surface area contributed by atoms with E-state index in [0.717, 1.165) is 0 Å². The quantitative estimate of drug-likeness (QED) is 0.760. The van der Waals surface area contributed by atoms with E-state index >= 15 is 0 Å². The van der Waals surface area contributed by atoms with Gasteiger partial charge < -0.3 is 10.1 Å². The summed E-state index contributed by atoms with van der Waals surface area (Å²) in [6.07, 6.45) is 2.73. The number of nitrogens with zero attached hydrogens (tertiary/aromatic N) is 2. The fourth-order valence-corrected chi connectivity index (χ4v) is 2.37. The Morgan fingerprint density at radius 3 is 2.52 bits per heavy atom. The summed E-state index contributed by atoms with van der Waals surface area (Å²) in [7, 11) is 1.44. The van der Waals surface area contributed by atoms with Crippen molar-refractivity contribution in [2.24, 2.45) is 0 Å². The molecule has 0 fully saturated rings. The number of hydrogen-bond acceptors (Lipinski definition) is 4. The first kappa shape index (κ1) is 16.9. The number of rotatable bonds is 4. The molecule has 0 radical (unpaired) electrons. The Morgan fingerprint density at radius 1 is 1.16 bits per heavy atom. The topological polar surface area (TPSA) is 64.1 Å². The molecule has 0 spiro atoms. The van der Waals surface area contributed by atoms with Gasteiger partial charge in [-0.15, -0.1) is 0 Å². The van der Waals surface area contributed by atoms with Crippen LogP contribution in [0.2, 0.25) is 5.02 Å². The van der Waals surface area contributed by atoms with Gasteiger partial charge in [0, 0.05) is 24.0 Å². The molecule has 1 N–H and O–H groups in total. The zero-order valence-electron chi connectivity index (χ0n) is 13.2. The van der Waals surface area contributed by atoms with E-state index < -0.39 is 11.7 Å². The Labute approximate surface area is 148 Å². The van der Waals surface area contributed by atoms with E-state index in [0.29, 0.717) is 22.2 Å². The van der Waals surface area contributed by atoms with Crippen molar-refractivity contribution in [1.29, 1.82) is 0 Å². The third kappa shape index (κ3) is 3.75. The minimum Gasteiger partial charge on any atom is -0.497 e. The first-order valence-corrected chi connectivity index (χ1v) is 7.68. The fourth-order valence-electron chi connectivity index (χ4n) is 2.15. The summed E-state index contributed by atoms with van der Waals surface area (Å²) in [5, 5.41) is 2.99. The number of hydrogen-bond donors (Lipinski definition) is 1. The van der Waals surface area contributed by atoms with Gasteiger partial charge in [-0.05, 0) is 24.3 Å². The molecule has 0 saturated carbocycles. The van der Waals surface area contributed by atoms with Crippen molar-refractivity contribution in [2.75, 3.05) is 12.4 Å². The van der Waals surface area contributed by atoms with Crippen LogP contribution in [-0.2, 0) is 0 Å². The normalized spacial score (nSPS) is 10.4. The van der Waals surface area contributed by atoms with Crippen molar-refractivity contribution in [3.05, 3.63) is 71.3 Å². The maximum absolute atomic E-state index is 13.9. The number of ether oxygens (including phenoxy) is 1. The second kappa shape index (κ2) is 7.27. The van der Waals surface area contributed by atoms with Crippen molar-refractivity contribution < 1.29 is 13.9 Å². The molecule has 2 aromatic carbocycles. The Balaban J connectivity index is 1.78. The summed E-state index contributed by atoms with van der Waals surface area (Å²) < 4.78 is 18.8. The molecule has 0 aliphatic carbocycles. The van der Waals surface area contributed by atoms with E-state index in [1.54, 1.807) is 24.3 Å². The SMILES string of the molecule is COc1ccc(NC(=O)c2cnc(-c3ccccc3Cl)nc2)c(F)c1. The molecule has 3 aromatic rings. The molecule has 0 aliphatic rings. The highest BCUT2D eigenvalue weighted by atomic mass is 35.5. The third-order valence-electron chi connectivity index (χ3n) is 3.45. The van der Waals surface area contributed by atoms with Crippen molar-refractivity contribution in [2.45, 2.75) is 0 Å². The van der Waals surface area contributed by atoms with Crippen LogP contribution in [0.15, 0.2) is 54.9 Å². The molecule has 1 heterocycles. The van der Waals surface area contributed by atoms with Gasteiger partial charge >= 0.3 is 0 Å². The summed E-state index contributed by atoms with van der Waals surface area (Å²) in [4.78, 5) is 20.5. The van der Waals surface area contributed by atoms with Crippen molar-refractivity contribution in [3.8, 4) is 17.1 Å². The monoisotopic (exact) mass is 357 g/mol. The lowest BCUT2D eigenvalue weighted by Crippen LogP contribution is -2.14. The molecule has 126 valence electrons. The minimum atomic E-state index is -0.596. The van der Waals surface area contributed by atoms with Crippen LogP contribution < -0.4 is 10.1 Å².